The Labute approximate surface area is 151 Å². The summed E-state index contributed by atoms with van der Waals surface area (Å²) in [6.07, 6.45) is 2.19. The number of ether oxygens (including phenoxy) is 3. The van der Waals surface area contributed by atoms with Crippen molar-refractivity contribution < 1.29 is 24.4 Å². The fourth-order valence-corrected chi connectivity index (χ4v) is 2.47. The van der Waals surface area contributed by atoms with Crippen molar-refractivity contribution in [1.29, 1.82) is 0 Å². The van der Waals surface area contributed by atoms with Crippen molar-refractivity contribution in [2.45, 2.75) is 33.0 Å². The minimum atomic E-state index is -0.0300. The first-order chi connectivity index (χ1) is 12.2. The number of aliphatic hydroxyl groups excluding tert-OH is 2. The SMILES string of the molecule is CCCCN(CCOCCOCCOC)c1cc(CO)cc(CO)c1. The summed E-state index contributed by atoms with van der Waals surface area (Å²) in [5.74, 6) is 0. The highest BCUT2D eigenvalue weighted by Crippen LogP contribution is 2.20. The van der Waals surface area contributed by atoms with Gasteiger partial charge in [-0.25, -0.2) is 0 Å². The molecule has 0 spiro atoms. The lowest BCUT2D eigenvalue weighted by Gasteiger charge is -2.26. The molecule has 0 fully saturated rings. The van der Waals surface area contributed by atoms with Gasteiger partial charge in [0.2, 0.25) is 0 Å². The van der Waals surface area contributed by atoms with E-state index in [9.17, 15) is 10.2 Å². The Hall–Kier alpha value is -1.18. The summed E-state index contributed by atoms with van der Waals surface area (Å²) in [6.45, 7) is 6.69. The maximum Gasteiger partial charge on any atom is 0.0701 e. The summed E-state index contributed by atoms with van der Waals surface area (Å²) in [7, 11) is 1.65. The predicted molar refractivity (Wildman–Crippen MR) is 98.9 cm³/mol. The fourth-order valence-electron chi connectivity index (χ4n) is 2.47. The zero-order valence-corrected chi connectivity index (χ0v) is 15.6. The molecule has 6 heteroatoms. The molecular weight excluding hydrogens is 322 g/mol. The lowest BCUT2D eigenvalue weighted by atomic mass is 10.1. The minimum Gasteiger partial charge on any atom is -0.392 e. The van der Waals surface area contributed by atoms with Crippen molar-refractivity contribution in [3.05, 3.63) is 29.3 Å². The number of anilines is 1. The van der Waals surface area contributed by atoms with Gasteiger partial charge in [-0.05, 0) is 29.7 Å². The second-order valence-electron chi connectivity index (χ2n) is 5.88. The van der Waals surface area contributed by atoms with Crippen LogP contribution in [0.3, 0.4) is 0 Å². The Morgan fingerprint density at radius 3 is 2.00 bits per heavy atom. The van der Waals surface area contributed by atoms with Crippen LogP contribution in [0.2, 0.25) is 0 Å². The zero-order valence-electron chi connectivity index (χ0n) is 15.6. The number of rotatable bonds is 15. The molecule has 0 bridgehead atoms. The number of aliphatic hydroxyl groups is 2. The quantitative estimate of drug-likeness (QED) is 0.469. The van der Waals surface area contributed by atoms with Gasteiger partial charge in [0.05, 0.1) is 46.2 Å². The fraction of sp³-hybridized carbons (Fsp3) is 0.684. The molecule has 2 N–H and O–H groups in total. The number of hydrogen-bond acceptors (Lipinski definition) is 6. The molecule has 0 aliphatic heterocycles. The summed E-state index contributed by atoms with van der Waals surface area (Å²) in [6, 6.07) is 5.78. The normalized spacial score (nSPS) is 11.0. The van der Waals surface area contributed by atoms with E-state index >= 15 is 0 Å². The third-order valence-corrected chi connectivity index (χ3v) is 3.86. The minimum absolute atomic E-state index is 0.0300. The third-order valence-electron chi connectivity index (χ3n) is 3.86. The molecule has 0 heterocycles. The molecular formula is C19H33NO5. The topological polar surface area (TPSA) is 71.4 Å². The number of nitrogens with zero attached hydrogens (tertiary/aromatic N) is 1. The van der Waals surface area contributed by atoms with Crippen LogP contribution in [-0.4, -0.2) is 63.4 Å². The van der Waals surface area contributed by atoms with E-state index < -0.39 is 0 Å². The Morgan fingerprint density at radius 1 is 0.840 bits per heavy atom. The van der Waals surface area contributed by atoms with Gasteiger partial charge < -0.3 is 29.3 Å². The molecule has 0 aliphatic carbocycles. The summed E-state index contributed by atoms with van der Waals surface area (Å²) >= 11 is 0. The van der Waals surface area contributed by atoms with E-state index in [1.807, 2.05) is 18.2 Å². The van der Waals surface area contributed by atoms with Gasteiger partial charge in [-0.15, -0.1) is 0 Å². The summed E-state index contributed by atoms with van der Waals surface area (Å²) in [4.78, 5) is 2.24. The van der Waals surface area contributed by atoms with Gasteiger partial charge in [-0.2, -0.15) is 0 Å². The van der Waals surface area contributed by atoms with Gasteiger partial charge in [0.15, 0.2) is 0 Å². The predicted octanol–water partition coefficient (Wildman–Crippen LogP) is 1.96. The van der Waals surface area contributed by atoms with Crippen molar-refractivity contribution >= 4 is 5.69 Å². The highest BCUT2D eigenvalue weighted by atomic mass is 16.5. The molecule has 0 unspecified atom stereocenters. The van der Waals surface area contributed by atoms with Crippen LogP contribution in [0.15, 0.2) is 18.2 Å². The Bertz CT molecular complexity index is 433. The second-order valence-corrected chi connectivity index (χ2v) is 5.88. The van der Waals surface area contributed by atoms with Crippen LogP contribution >= 0.6 is 0 Å². The molecule has 25 heavy (non-hydrogen) atoms. The molecule has 0 atom stereocenters. The molecule has 6 nitrogen and oxygen atoms in total. The van der Waals surface area contributed by atoms with Gasteiger partial charge in [0.25, 0.3) is 0 Å². The Balaban J connectivity index is 2.51. The lowest BCUT2D eigenvalue weighted by molar-refractivity contribution is 0.0264. The molecule has 0 saturated heterocycles. The van der Waals surface area contributed by atoms with Crippen LogP contribution in [0.5, 0.6) is 0 Å². The van der Waals surface area contributed by atoms with Crippen LogP contribution < -0.4 is 4.90 Å². The van der Waals surface area contributed by atoms with Crippen molar-refractivity contribution in [2.24, 2.45) is 0 Å². The monoisotopic (exact) mass is 355 g/mol. The van der Waals surface area contributed by atoms with Gasteiger partial charge in [0, 0.05) is 25.9 Å². The first-order valence-corrected chi connectivity index (χ1v) is 8.99. The number of benzene rings is 1. The number of unbranched alkanes of at least 4 members (excludes halogenated alkanes) is 1. The largest absolute Gasteiger partial charge is 0.392 e. The average Bonchev–Trinajstić information content (AvgIpc) is 2.65. The molecule has 144 valence electrons. The second kappa shape index (κ2) is 14.0. The third kappa shape index (κ3) is 9.18. The molecule has 0 aromatic heterocycles. The Kier molecular flexibility index (Phi) is 12.3. The van der Waals surface area contributed by atoms with Gasteiger partial charge in [-0.3, -0.25) is 0 Å². The van der Waals surface area contributed by atoms with E-state index in [0.717, 1.165) is 42.7 Å². The number of methoxy groups -OCH3 is 1. The van der Waals surface area contributed by atoms with E-state index in [1.165, 1.54) is 0 Å². The smallest absolute Gasteiger partial charge is 0.0701 e. The summed E-state index contributed by atoms with van der Waals surface area (Å²) < 4.78 is 15.9. The van der Waals surface area contributed by atoms with Crippen LogP contribution in [0.25, 0.3) is 0 Å². The van der Waals surface area contributed by atoms with Crippen molar-refractivity contribution in [3.63, 3.8) is 0 Å². The Morgan fingerprint density at radius 2 is 1.44 bits per heavy atom. The number of hydrogen-bond donors (Lipinski definition) is 2. The summed E-state index contributed by atoms with van der Waals surface area (Å²) in [5.41, 5.74) is 2.65. The molecule has 1 rings (SSSR count). The van der Waals surface area contributed by atoms with Gasteiger partial charge >= 0.3 is 0 Å². The average molecular weight is 355 g/mol. The molecule has 0 saturated carbocycles. The van der Waals surface area contributed by atoms with Gasteiger partial charge in [0.1, 0.15) is 0 Å². The highest BCUT2D eigenvalue weighted by Gasteiger charge is 2.09. The molecule has 0 radical (unpaired) electrons. The zero-order chi connectivity index (χ0) is 18.3. The van der Waals surface area contributed by atoms with E-state index in [1.54, 1.807) is 7.11 Å². The first kappa shape index (κ1) is 21.9. The van der Waals surface area contributed by atoms with Crippen molar-refractivity contribution in [2.75, 3.05) is 58.1 Å². The lowest BCUT2D eigenvalue weighted by Crippen LogP contribution is -2.29. The molecule has 1 aromatic rings. The van der Waals surface area contributed by atoms with Crippen LogP contribution in [0.4, 0.5) is 5.69 Å². The van der Waals surface area contributed by atoms with Crippen LogP contribution in [0, 0.1) is 0 Å². The van der Waals surface area contributed by atoms with E-state index in [2.05, 4.69) is 11.8 Å². The van der Waals surface area contributed by atoms with Crippen molar-refractivity contribution in [1.82, 2.24) is 0 Å². The molecule has 1 aromatic carbocycles. The van der Waals surface area contributed by atoms with E-state index in [-0.39, 0.29) is 13.2 Å². The first-order valence-electron chi connectivity index (χ1n) is 8.99. The highest BCUT2D eigenvalue weighted by molar-refractivity contribution is 5.51. The molecule has 0 amide bonds. The standard InChI is InChI=1S/C19H33NO5/c1-3-4-5-20(6-7-24-10-11-25-9-8-23-2)19-13-17(15-21)12-18(14-19)16-22/h12-14,21-22H,3-11,15-16H2,1-2H3. The maximum atomic E-state index is 9.43. The maximum absolute atomic E-state index is 9.43. The van der Waals surface area contributed by atoms with Gasteiger partial charge in [-0.1, -0.05) is 19.4 Å². The van der Waals surface area contributed by atoms with Crippen molar-refractivity contribution in [3.8, 4) is 0 Å². The van der Waals surface area contributed by atoms with E-state index in [4.69, 9.17) is 14.2 Å². The van der Waals surface area contributed by atoms with E-state index in [0.29, 0.717) is 33.0 Å². The summed E-state index contributed by atoms with van der Waals surface area (Å²) in [5, 5.41) is 18.9. The molecule has 0 aliphatic rings. The van der Waals surface area contributed by atoms with Crippen LogP contribution in [0.1, 0.15) is 30.9 Å². The van der Waals surface area contributed by atoms with Crippen LogP contribution in [-0.2, 0) is 27.4 Å².